The first-order valence-electron chi connectivity index (χ1n) is 4.68. The van der Waals surface area contributed by atoms with Crippen LogP contribution in [-0.2, 0) is 4.79 Å². The number of carbonyl (C=O) groups is 1. The van der Waals surface area contributed by atoms with Crippen LogP contribution in [0.25, 0.3) is 0 Å². The van der Waals surface area contributed by atoms with Crippen LogP contribution in [0.2, 0.25) is 0 Å². The molecule has 0 unspecified atom stereocenters. The summed E-state index contributed by atoms with van der Waals surface area (Å²) in [5, 5.41) is 1.01. The monoisotopic (exact) mass is 233 g/mol. The molecule has 1 rings (SSSR count). The van der Waals surface area contributed by atoms with E-state index in [2.05, 4.69) is 15.9 Å². The van der Waals surface area contributed by atoms with Crippen molar-refractivity contribution in [1.29, 1.82) is 0 Å². The molecule has 70 valence electrons. The van der Waals surface area contributed by atoms with Gasteiger partial charge in [-0.3, -0.25) is 4.79 Å². The van der Waals surface area contributed by atoms with Crippen LogP contribution in [0.3, 0.4) is 0 Å². The summed E-state index contributed by atoms with van der Waals surface area (Å²) in [6.45, 7) is 1.99. The number of hydrogen-bond acceptors (Lipinski definition) is 1. The van der Waals surface area contributed by atoms with Crippen molar-refractivity contribution < 1.29 is 4.79 Å². The number of unbranched alkanes of at least 4 members (excludes halogenated alkanes) is 1. The minimum Gasteiger partial charge on any atom is -0.343 e. The van der Waals surface area contributed by atoms with E-state index in [4.69, 9.17) is 0 Å². The van der Waals surface area contributed by atoms with E-state index >= 15 is 0 Å². The molecule has 3 heteroatoms. The lowest BCUT2D eigenvalue weighted by Gasteiger charge is -2.14. The van der Waals surface area contributed by atoms with Crippen LogP contribution >= 0.6 is 15.9 Å². The van der Waals surface area contributed by atoms with Gasteiger partial charge in [0.2, 0.25) is 5.91 Å². The highest BCUT2D eigenvalue weighted by Gasteiger charge is 2.16. The Morgan fingerprint density at radius 1 is 1.25 bits per heavy atom. The van der Waals surface area contributed by atoms with Gasteiger partial charge in [0.05, 0.1) is 0 Å². The van der Waals surface area contributed by atoms with Crippen molar-refractivity contribution >= 4 is 21.8 Å². The van der Waals surface area contributed by atoms with Crippen LogP contribution < -0.4 is 0 Å². The van der Waals surface area contributed by atoms with Gasteiger partial charge in [-0.1, -0.05) is 15.9 Å². The normalized spacial score (nSPS) is 16.9. The molecule has 0 aromatic rings. The molecule has 1 saturated heterocycles. The highest BCUT2D eigenvalue weighted by molar-refractivity contribution is 9.09. The lowest BCUT2D eigenvalue weighted by Crippen LogP contribution is -2.27. The molecule has 0 spiro atoms. The molecule has 1 amide bonds. The molecule has 0 radical (unpaired) electrons. The van der Waals surface area contributed by atoms with E-state index in [1.165, 1.54) is 12.8 Å². The maximum atomic E-state index is 11.4. The quantitative estimate of drug-likeness (QED) is 0.539. The first kappa shape index (κ1) is 10.0. The zero-order chi connectivity index (χ0) is 8.81. The number of alkyl halides is 1. The van der Waals surface area contributed by atoms with E-state index in [9.17, 15) is 4.79 Å². The molecule has 12 heavy (non-hydrogen) atoms. The SMILES string of the molecule is O=C(CCCCBr)N1CCCC1. The van der Waals surface area contributed by atoms with Crippen LogP contribution in [0, 0.1) is 0 Å². The fourth-order valence-electron chi connectivity index (χ4n) is 1.50. The Kier molecular flexibility index (Phi) is 4.66. The van der Waals surface area contributed by atoms with E-state index in [-0.39, 0.29) is 0 Å². The van der Waals surface area contributed by atoms with Crippen LogP contribution in [0.1, 0.15) is 32.1 Å². The van der Waals surface area contributed by atoms with Gasteiger partial charge in [0.1, 0.15) is 0 Å². The smallest absolute Gasteiger partial charge is 0.222 e. The van der Waals surface area contributed by atoms with Crippen LogP contribution in [-0.4, -0.2) is 29.2 Å². The van der Waals surface area contributed by atoms with Gasteiger partial charge in [-0.25, -0.2) is 0 Å². The van der Waals surface area contributed by atoms with Crippen molar-refractivity contribution in [3.05, 3.63) is 0 Å². The first-order chi connectivity index (χ1) is 5.84. The third kappa shape index (κ3) is 3.13. The van der Waals surface area contributed by atoms with Crippen LogP contribution in [0.15, 0.2) is 0 Å². The Morgan fingerprint density at radius 3 is 2.50 bits per heavy atom. The molecule has 1 aliphatic heterocycles. The van der Waals surface area contributed by atoms with Crippen molar-refractivity contribution in [2.24, 2.45) is 0 Å². The van der Waals surface area contributed by atoms with Gasteiger partial charge in [0, 0.05) is 24.8 Å². The van der Waals surface area contributed by atoms with Crippen molar-refractivity contribution in [1.82, 2.24) is 4.90 Å². The van der Waals surface area contributed by atoms with Crippen molar-refractivity contribution in [3.8, 4) is 0 Å². The third-order valence-corrected chi connectivity index (χ3v) is 2.79. The van der Waals surface area contributed by atoms with Crippen molar-refractivity contribution in [2.45, 2.75) is 32.1 Å². The average Bonchev–Trinajstić information content (AvgIpc) is 2.56. The fraction of sp³-hybridized carbons (Fsp3) is 0.889. The molecular formula is C9H16BrNO. The zero-order valence-corrected chi connectivity index (χ0v) is 8.98. The molecule has 1 fully saturated rings. The second-order valence-corrected chi connectivity index (χ2v) is 4.03. The molecule has 1 aliphatic rings. The second kappa shape index (κ2) is 5.57. The predicted molar refractivity (Wildman–Crippen MR) is 53.5 cm³/mol. The van der Waals surface area contributed by atoms with E-state index in [0.717, 1.165) is 37.7 Å². The summed E-state index contributed by atoms with van der Waals surface area (Å²) in [6.07, 6.45) is 5.28. The van der Waals surface area contributed by atoms with Crippen molar-refractivity contribution in [2.75, 3.05) is 18.4 Å². The number of likely N-dealkylation sites (tertiary alicyclic amines) is 1. The summed E-state index contributed by atoms with van der Waals surface area (Å²) in [6, 6.07) is 0. The number of amides is 1. The van der Waals surface area contributed by atoms with E-state index in [1.54, 1.807) is 0 Å². The third-order valence-electron chi connectivity index (χ3n) is 2.23. The summed E-state index contributed by atoms with van der Waals surface area (Å²) >= 11 is 3.36. The van der Waals surface area contributed by atoms with Gasteiger partial charge in [-0.15, -0.1) is 0 Å². The lowest BCUT2D eigenvalue weighted by molar-refractivity contribution is -0.130. The molecule has 0 N–H and O–H groups in total. The van der Waals surface area contributed by atoms with Gasteiger partial charge in [-0.2, -0.15) is 0 Å². The van der Waals surface area contributed by atoms with Gasteiger partial charge in [0.25, 0.3) is 0 Å². The maximum absolute atomic E-state index is 11.4. The summed E-state index contributed by atoms with van der Waals surface area (Å²) in [4.78, 5) is 13.4. The Labute approximate surface area is 82.4 Å². The minimum atomic E-state index is 0.355. The van der Waals surface area contributed by atoms with Crippen LogP contribution in [0.5, 0.6) is 0 Å². The zero-order valence-electron chi connectivity index (χ0n) is 7.39. The Bertz CT molecular complexity index is 143. The molecule has 0 bridgehead atoms. The number of nitrogens with zero attached hydrogens (tertiary/aromatic N) is 1. The topological polar surface area (TPSA) is 20.3 Å². The number of rotatable bonds is 4. The molecule has 0 aliphatic carbocycles. The van der Waals surface area contributed by atoms with Gasteiger partial charge in [0.15, 0.2) is 0 Å². The van der Waals surface area contributed by atoms with Crippen molar-refractivity contribution in [3.63, 3.8) is 0 Å². The maximum Gasteiger partial charge on any atom is 0.222 e. The second-order valence-electron chi connectivity index (χ2n) is 3.23. The summed E-state index contributed by atoms with van der Waals surface area (Å²) in [5.74, 6) is 0.355. The molecular weight excluding hydrogens is 218 g/mol. The largest absolute Gasteiger partial charge is 0.343 e. The van der Waals surface area contributed by atoms with Gasteiger partial charge < -0.3 is 4.90 Å². The highest BCUT2D eigenvalue weighted by Crippen LogP contribution is 2.10. The number of hydrogen-bond donors (Lipinski definition) is 0. The molecule has 1 heterocycles. The molecule has 0 aromatic heterocycles. The number of carbonyl (C=O) groups excluding carboxylic acids is 1. The lowest BCUT2D eigenvalue weighted by atomic mass is 10.2. The van der Waals surface area contributed by atoms with Gasteiger partial charge in [-0.05, 0) is 25.7 Å². The molecule has 2 nitrogen and oxygen atoms in total. The number of halogens is 1. The fourth-order valence-corrected chi connectivity index (χ4v) is 1.89. The molecule has 0 aromatic carbocycles. The van der Waals surface area contributed by atoms with E-state index < -0.39 is 0 Å². The molecule has 0 atom stereocenters. The summed E-state index contributed by atoms with van der Waals surface area (Å²) in [7, 11) is 0. The Hall–Kier alpha value is -0.0500. The first-order valence-corrected chi connectivity index (χ1v) is 5.80. The highest BCUT2D eigenvalue weighted by atomic mass is 79.9. The van der Waals surface area contributed by atoms with E-state index in [0.29, 0.717) is 5.91 Å². The average molecular weight is 234 g/mol. The minimum absolute atomic E-state index is 0.355. The van der Waals surface area contributed by atoms with Crippen LogP contribution in [0.4, 0.5) is 0 Å². The van der Waals surface area contributed by atoms with Gasteiger partial charge >= 0.3 is 0 Å². The summed E-state index contributed by atoms with van der Waals surface area (Å²) < 4.78 is 0. The molecule has 0 saturated carbocycles. The standard InChI is InChI=1S/C9H16BrNO/c10-6-2-1-5-9(12)11-7-3-4-8-11/h1-8H2. The predicted octanol–water partition coefficient (Wildman–Crippen LogP) is 2.17. The van der Waals surface area contributed by atoms with E-state index in [1.807, 2.05) is 4.90 Å². The summed E-state index contributed by atoms with van der Waals surface area (Å²) in [5.41, 5.74) is 0. The Morgan fingerprint density at radius 2 is 1.92 bits per heavy atom. The Balaban J connectivity index is 2.10.